The molecule has 0 saturated carbocycles. The zero-order chi connectivity index (χ0) is 19.3. The van der Waals surface area contributed by atoms with Crippen LogP contribution in [-0.4, -0.2) is 20.8 Å². The Hall–Kier alpha value is -3.67. The standard InChI is InChI=1S/C22H17N3O3/c1-13-17-6-5-15(16-3-2-8-23-11-16)10-18(17)21(26)25(13)12-14-4-7-19-20(9-14)28-22(27)24-19/h2-11,13H,12H2,1H3,(H,24,27). The molecule has 2 aromatic heterocycles. The average molecular weight is 371 g/mol. The van der Waals surface area contributed by atoms with Crippen molar-refractivity contribution >= 4 is 17.0 Å². The summed E-state index contributed by atoms with van der Waals surface area (Å²) in [5, 5.41) is 0. The first-order valence-corrected chi connectivity index (χ1v) is 9.07. The lowest BCUT2D eigenvalue weighted by molar-refractivity contribution is 0.0723. The van der Waals surface area contributed by atoms with Crippen molar-refractivity contribution in [2.24, 2.45) is 0 Å². The predicted octanol–water partition coefficient (Wildman–Crippen LogP) is 3.90. The number of pyridine rings is 1. The number of fused-ring (bicyclic) bond motifs is 2. The van der Waals surface area contributed by atoms with E-state index in [0.29, 0.717) is 17.6 Å². The quantitative estimate of drug-likeness (QED) is 0.592. The molecular formula is C22H17N3O3. The number of nitrogens with zero attached hydrogens (tertiary/aromatic N) is 2. The van der Waals surface area contributed by atoms with Crippen LogP contribution in [0.15, 0.2) is 70.1 Å². The number of hydrogen-bond donors (Lipinski definition) is 1. The fourth-order valence-corrected chi connectivity index (χ4v) is 3.81. The number of H-pyrrole nitrogens is 1. The summed E-state index contributed by atoms with van der Waals surface area (Å²) in [6.45, 7) is 2.48. The van der Waals surface area contributed by atoms with Gasteiger partial charge in [-0.1, -0.05) is 24.3 Å². The van der Waals surface area contributed by atoms with Crippen LogP contribution in [-0.2, 0) is 6.54 Å². The molecule has 0 fully saturated rings. The lowest BCUT2D eigenvalue weighted by Gasteiger charge is -2.22. The van der Waals surface area contributed by atoms with E-state index in [1.165, 1.54) is 0 Å². The van der Waals surface area contributed by atoms with Gasteiger partial charge in [0.15, 0.2) is 5.58 Å². The van der Waals surface area contributed by atoms with Gasteiger partial charge in [0, 0.05) is 30.1 Å². The summed E-state index contributed by atoms with van der Waals surface area (Å²) >= 11 is 0. The summed E-state index contributed by atoms with van der Waals surface area (Å²) in [5.74, 6) is -0.475. The minimum Gasteiger partial charge on any atom is -0.408 e. The molecule has 4 aromatic rings. The lowest BCUT2D eigenvalue weighted by Crippen LogP contribution is -2.26. The van der Waals surface area contributed by atoms with Gasteiger partial charge in [-0.05, 0) is 47.9 Å². The van der Waals surface area contributed by atoms with Gasteiger partial charge in [0.25, 0.3) is 5.91 Å². The summed E-state index contributed by atoms with van der Waals surface area (Å²) in [6.07, 6.45) is 3.53. The molecule has 28 heavy (non-hydrogen) atoms. The fourth-order valence-electron chi connectivity index (χ4n) is 3.81. The minimum absolute atomic E-state index is 0.00357. The molecule has 0 radical (unpaired) electrons. The number of nitrogens with one attached hydrogen (secondary N) is 1. The zero-order valence-corrected chi connectivity index (χ0v) is 15.2. The molecule has 1 amide bonds. The van der Waals surface area contributed by atoms with Gasteiger partial charge in [0.1, 0.15) is 0 Å². The Labute approximate surface area is 160 Å². The molecule has 5 rings (SSSR count). The Morgan fingerprint density at radius 2 is 2.00 bits per heavy atom. The highest BCUT2D eigenvalue weighted by Crippen LogP contribution is 2.36. The molecule has 3 heterocycles. The van der Waals surface area contributed by atoms with Gasteiger partial charge in [-0.3, -0.25) is 14.8 Å². The molecule has 6 nitrogen and oxygen atoms in total. The van der Waals surface area contributed by atoms with Crippen molar-refractivity contribution in [1.29, 1.82) is 0 Å². The van der Waals surface area contributed by atoms with Crippen LogP contribution in [0.5, 0.6) is 0 Å². The molecule has 2 aromatic carbocycles. The van der Waals surface area contributed by atoms with Gasteiger partial charge in [-0.15, -0.1) is 0 Å². The van der Waals surface area contributed by atoms with Crippen molar-refractivity contribution in [3.63, 3.8) is 0 Å². The van der Waals surface area contributed by atoms with Gasteiger partial charge >= 0.3 is 5.76 Å². The van der Waals surface area contributed by atoms with Crippen molar-refractivity contribution in [3.05, 3.63) is 88.2 Å². The van der Waals surface area contributed by atoms with E-state index in [2.05, 4.69) is 9.97 Å². The molecule has 138 valence electrons. The maximum absolute atomic E-state index is 13.1. The predicted molar refractivity (Wildman–Crippen MR) is 105 cm³/mol. The Morgan fingerprint density at radius 1 is 1.11 bits per heavy atom. The maximum Gasteiger partial charge on any atom is 0.417 e. The summed E-state index contributed by atoms with van der Waals surface area (Å²) in [7, 11) is 0. The van der Waals surface area contributed by atoms with E-state index in [4.69, 9.17) is 4.42 Å². The first-order valence-electron chi connectivity index (χ1n) is 9.07. The Balaban J connectivity index is 1.47. The first-order chi connectivity index (χ1) is 13.6. The van der Waals surface area contributed by atoms with E-state index in [-0.39, 0.29) is 11.9 Å². The first kappa shape index (κ1) is 16.5. The number of aromatic amines is 1. The second-order valence-electron chi connectivity index (χ2n) is 7.00. The largest absolute Gasteiger partial charge is 0.417 e. The monoisotopic (exact) mass is 371 g/mol. The van der Waals surface area contributed by atoms with Gasteiger partial charge in [-0.25, -0.2) is 4.79 Å². The smallest absolute Gasteiger partial charge is 0.408 e. The topological polar surface area (TPSA) is 79.2 Å². The van der Waals surface area contributed by atoms with Crippen LogP contribution in [0.25, 0.3) is 22.2 Å². The van der Waals surface area contributed by atoms with Gasteiger partial charge in [0.05, 0.1) is 11.6 Å². The SMILES string of the molecule is CC1c2ccc(-c3cccnc3)cc2C(=O)N1Cc1ccc2[nH]c(=O)oc2c1. The molecule has 0 spiro atoms. The summed E-state index contributed by atoms with van der Waals surface area (Å²) in [6, 6.07) is 15.3. The second kappa shape index (κ2) is 6.20. The third kappa shape index (κ3) is 2.62. The molecule has 1 atom stereocenters. The third-order valence-electron chi connectivity index (χ3n) is 5.30. The van der Waals surface area contributed by atoms with Crippen molar-refractivity contribution in [1.82, 2.24) is 14.9 Å². The molecule has 1 aliphatic rings. The van der Waals surface area contributed by atoms with E-state index in [1.54, 1.807) is 24.5 Å². The molecular weight excluding hydrogens is 354 g/mol. The summed E-state index contributed by atoms with van der Waals surface area (Å²) < 4.78 is 5.13. The third-order valence-corrected chi connectivity index (χ3v) is 5.30. The van der Waals surface area contributed by atoms with Gasteiger partial charge < -0.3 is 9.32 Å². The number of carbonyl (C=O) groups is 1. The van der Waals surface area contributed by atoms with Gasteiger partial charge in [0.2, 0.25) is 0 Å². The van der Waals surface area contributed by atoms with E-state index in [9.17, 15) is 9.59 Å². The molecule has 1 N–H and O–H groups in total. The van der Waals surface area contributed by atoms with Crippen molar-refractivity contribution in [3.8, 4) is 11.1 Å². The maximum atomic E-state index is 13.1. The fraction of sp³-hybridized carbons (Fsp3) is 0.136. The Bertz CT molecular complexity index is 1260. The van der Waals surface area contributed by atoms with Crippen LogP contribution in [0.3, 0.4) is 0 Å². The van der Waals surface area contributed by atoms with E-state index >= 15 is 0 Å². The van der Waals surface area contributed by atoms with E-state index in [1.807, 2.05) is 48.2 Å². The van der Waals surface area contributed by atoms with Crippen LogP contribution >= 0.6 is 0 Å². The van der Waals surface area contributed by atoms with Crippen molar-refractivity contribution < 1.29 is 9.21 Å². The minimum atomic E-state index is -0.479. The molecule has 6 heteroatoms. The highest BCUT2D eigenvalue weighted by molar-refractivity contribution is 6.00. The molecule has 1 aliphatic heterocycles. The number of carbonyl (C=O) groups excluding carboxylic acids is 1. The number of aromatic nitrogens is 2. The highest BCUT2D eigenvalue weighted by atomic mass is 16.4. The number of benzene rings is 2. The molecule has 0 bridgehead atoms. The number of hydrogen-bond acceptors (Lipinski definition) is 4. The van der Waals surface area contributed by atoms with Crippen LogP contribution < -0.4 is 5.76 Å². The molecule has 1 unspecified atom stereocenters. The Morgan fingerprint density at radius 3 is 2.82 bits per heavy atom. The molecule has 0 aliphatic carbocycles. The second-order valence-corrected chi connectivity index (χ2v) is 7.00. The lowest BCUT2D eigenvalue weighted by atomic mass is 9.99. The van der Waals surface area contributed by atoms with Crippen molar-refractivity contribution in [2.75, 3.05) is 0 Å². The normalized spacial score (nSPS) is 16.0. The van der Waals surface area contributed by atoms with E-state index in [0.717, 1.165) is 27.8 Å². The van der Waals surface area contributed by atoms with Crippen LogP contribution in [0.1, 0.15) is 34.5 Å². The van der Waals surface area contributed by atoms with Crippen molar-refractivity contribution in [2.45, 2.75) is 19.5 Å². The van der Waals surface area contributed by atoms with E-state index < -0.39 is 5.76 Å². The van der Waals surface area contributed by atoms with Crippen LogP contribution in [0.2, 0.25) is 0 Å². The summed E-state index contributed by atoms with van der Waals surface area (Å²) in [5.41, 5.74) is 5.77. The number of amides is 1. The summed E-state index contributed by atoms with van der Waals surface area (Å²) in [4.78, 5) is 33.1. The number of rotatable bonds is 3. The van der Waals surface area contributed by atoms with Crippen LogP contribution in [0.4, 0.5) is 0 Å². The number of oxazole rings is 1. The average Bonchev–Trinajstić information content (AvgIpc) is 3.20. The highest BCUT2D eigenvalue weighted by Gasteiger charge is 2.34. The molecule has 0 saturated heterocycles. The van der Waals surface area contributed by atoms with Crippen LogP contribution in [0, 0.1) is 0 Å². The van der Waals surface area contributed by atoms with Gasteiger partial charge in [-0.2, -0.15) is 0 Å². The zero-order valence-electron chi connectivity index (χ0n) is 15.2. The Kier molecular flexibility index (Phi) is 3.65.